The molecule has 0 amide bonds. The fraction of sp³-hybridized carbons (Fsp3) is 0.538. The average Bonchev–Trinajstić information content (AvgIpc) is 2.66. The number of anilines is 1. The van der Waals surface area contributed by atoms with Gasteiger partial charge in [0.15, 0.2) is 0 Å². The summed E-state index contributed by atoms with van der Waals surface area (Å²) in [5, 5.41) is 6.62. The van der Waals surface area contributed by atoms with E-state index in [0.717, 1.165) is 18.2 Å². The number of benzene rings is 1. The normalized spacial score (nSPS) is 24.6. The van der Waals surface area contributed by atoms with Gasteiger partial charge in [0.05, 0.1) is 0 Å². The third-order valence-electron chi connectivity index (χ3n) is 3.23. The fourth-order valence-electron chi connectivity index (χ4n) is 2.49. The number of nitrogens with one attached hydrogen (secondary N) is 2. The molecule has 0 radical (unpaired) electrons. The number of rotatable bonds is 4. The van der Waals surface area contributed by atoms with E-state index >= 15 is 0 Å². The maximum Gasteiger partial charge on any atom is 0.125 e. The lowest BCUT2D eigenvalue weighted by atomic mass is 10.1. The zero-order valence-electron chi connectivity index (χ0n) is 9.67. The van der Waals surface area contributed by atoms with Crippen LogP contribution in [0.2, 0.25) is 0 Å². The Bertz CT molecular complexity index is 340. The van der Waals surface area contributed by atoms with E-state index in [1.165, 1.54) is 25.3 Å². The Hall–Kier alpha value is -1.09. The van der Waals surface area contributed by atoms with E-state index in [0.29, 0.717) is 6.04 Å². The van der Waals surface area contributed by atoms with Crippen LogP contribution in [0.15, 0.2) is 24.3 Å². The summed E-state index contributed by atoms with van der Waals surface area (Å²) in [7, 11) is 1.99. The van der Waals surface area contributed by atoms with E-state index in [1.54, 1.807) is 12.1 Å². The zero-order chi connectivity index (χ0) is 11.4. The second kappa shape index (κ2) is 5.30. The Morgan fingerprint density at radius 2 is 2.25 bits per heavy atom. The SMILES string of the molecule is CNCC1CCC(Nc2cccc(F)c2)C1. The van der Waals surface area contributed by atoms with Crippen LogP contribution in [0.1, 0.15) is 19.3 Å². The summed E-state index contributed by atoms with van der Waals surface area (Å²) in [6.07, 6.45) is 3.62. The van der Waals surface area contributed by atoms with Crippen LogP contribution in [-0.2, 0) is 0 Å². The van der Waals surface area contributed by atoms with Crippen LogP contribution in [0.5, 0.6) is 0 Å². The largest absolute Gasteiger partial charge is 0.382 e. The van der Waals surface area contributed by atoms with Gasteiger partial charge in [0.25, 0.3) is 0 Å². The zero-order valence-corrected chi connectivity index (χ0v) is 9.67. The van der Waals surface area contributed by atoms with E-state index in [9.17, 15) is 4.39 Å². The Labute approximate surface area is 96.2 Å². The summed E-state index contributed by atoms with van der Waals surface area (Å²) in [6, 6.07) is 7.21. The van der Waals surface area contributed by atoms with Gasteiger partial charge in [0.1, 0.15) is 5.82 Å². The molecule has 1 saturated carbocycles. The molecule has 0 heterocycles. The average molecular weight is 222 g/mol. The molecular formula is C13H19FN2. The minimum Gasteiger partial charge on any atom is -0.382 e. The van der Waals surface area contributed by atoms with Gasteiger partial charge < -0.3 is 10.6 Å². The molecule has 0 aliphatic heterocycles. The van der Waals surface area contributed by atoms with E-state index in [2.05, 4.69) is 10.6 Å². The van der Waals surface area contributed by atoms with E-state index < -0.39 is 0 Å². The Balaban J connectivity index is 1.87. The van der Waals surface area contributed by atoms with Crippen LogP contribution in [0.25, 0.3) is 0 Å². The maximum atomic E-state index is 13.0. The van der Waals surface area contributed by atoms with Gasteiger partial charge in [-0.3, -0.25) is 0 Å². The third-order valence-corrected chi connectivity index (χ3v) is 3.23. The summed E-state index contributed by atoms with van der Waals surface area (Å²) in [5.74, 6) is 0.589. The van der Waals surface area contributed by atoms with Crippen LogP contribution in [0.4, 0.5) is 10.1 Å². The van der Waals surface area contributed by atoms with Gasteiger partial charge in [-0.1, -0.05) is 6.07 Å². The van der Waals surface area contributed by atoms with Crippen molar-refractivity contribution in [2.45, 2.75) is 25.3 Å². The number of hydrogen-bond acceptors (Lipinski definition) is 2. The molecule has 0 bridgehead atoms. The lowest BCUT2D eigenvalue weighted by Gasteiger charge is -2.14. The van der Waals surface area contributed by atoms with Gasteiger partial charge >= 0.3 is 0 Å². The molecule has 0 spiro atoms. The number of halogens is 1. The molecule has 1 fully saturated rings. The highest BCUT2D eigenvalue weighted by Crippen LogP contribution is 2.27. The minimum atomic E-state index is -0.172. The molecule has 16 heavy (non-hydrogen) atoms. The quantitative estimate of drug-likeness (QED) is 0.818. The lowest BCUT2D eigenvalue weighted by Crippen LogP contribution is -2.20. The summed E-state index contributed by atoms with van der Waals surface area (Å²) < 4.78 is 13.0. The molecule has 2 nitrogen and oxygen atoms in total. The molecule has 2 atom stereocenters. The van der Waals surface area contributed by atoms with Gasteiger partial charge in [0.2, 0.25) is 0 Å². The first kappa shape index (κ1) is 11.4. The van der Waals surface area contributed by atoms with Gasteiger partial charge in [-0.15, -0.1) is 0 Å². The van der Waals surface area contributed by atoms with Crippen molar-refractivity contribution in [1.29, 1.82) is 0 Å². The molecule has 3 heteroatoms. The van der Waals surface area contributed by atoms with Crippen molar-refractivity contribution in [2.24, 2.45) is 5.92 Å². The summed E-state index contributed by atoms with van der Waals surface area (Å²) in [6.45, 7) is 1.08. The smallest absolute Gasteiger partial charge is 0.125 e. The van der Waals surface area contributed by atoms with Crippen molar-refractivity contribution in [1.82, 2.24) is 5.32 Å². The van der Waals surface area contributed by atoms with E-state index in [4.69, 9.17) is 0 Å². The van der Waals surface area contributed by atoms with Crippen molar-refractivity contribution in [2.75, 3.05) is 18.9 Å². The standard InChI is InChI=1S/C13H19FN2/c1-15-9-10-5-6-13(7-10)16-12-4-2-3-11(14)8-12/h2-4,8,10,13,15-16H,5-7,9H2,1H3. The molecular weight excluding hydrogens is 203 g/mol. The summed E-state index contributed by atoms with van der Waals surface area (Å²) in [5.41, 5.74) is 0.898. The Morgan fingerprint density at radius 1 is 1.38 bits per heavy atom. The fourth-order valence-corrected chi connectivity index (χ4v) is 2.49. The lowest BCUT2D eigenvalue weighted by molar-refractivity contribution is 0.511. The van der Waals surface area contributed by atoms with Crippen LogP contribution >= 0.6 is 0 Å². The molecule has 2 rings (SSSR count). The molecule has 2 unspecified atom stereocenters. The number of hydrogen-bond donors (Lipinski definition) is 2. The second-order valence-corrected chi connectivity index (χ2v) is 4.59. The first-order valence-corrected chi connectivity index (χ1v) is 5.94. The molecule has 1 aliphatic carbocycles. The van der Waals surface area contributed by atoms with E-state index in [-0.39, 0.29) is 5.82 Å². The Morgan fingerprint density at radius 3 is 3.00 bits per heavy atom. The first-order chi connectivity index (χ1) is 7.78. The van der Waals surface area contributed by atoms with Crippen LogP contribution < -0.4 is 10.6 Å². The van der Waals surface area contributed by atoms with Gasteiger partial charge in [-0.05, 0) is 57.0 Å². The molecule has 88 valence electrons. The van der Waals surface area contributed by atoms with Gasteiger partial charge in [0, 0.05) is 11.7 Å². The van der Waals surface area contributed by atoms with Gasteiger partial charge in [-0.2, -0.15) is 0 Å². The minimum absolute atomic E-state index is 0.172. The van der Waals surface area contributed by atoms with Crippen molar-refractivity contribution in [3.63, 3.8) is 0 Å². The first-order valence-electron chi connectivity index (χ1n) is 5.94. The second-order valence-electron chi connectivity index (χ2n) is 4.59. The molecule has 1 aromatic carbocycles. The third kappa shape index (κ3) is 2.95. The summed E-state index contributed by atoms with van der Waals surface area (Å²) >= 11 is 0. The molecule has 1 aromatic rings. The van der Waals surface area contributed by atoms with Crippen molar-refractivity contribution in [3.05, 3.63) is 30.1 Å². The van der Waals surface area contributed by atoms with Crippen LogP contribution in [0, 0.1) is 11.7 Å². The maximum absolute atomic E-state index is 13.0. The molecule has 1 aliphatic rings. The van der Waals surface area contributed by atoms with Crippen molar-refractivity contribution < 1.29 is 4.39 Å². The van der Waals surface area contributed by atoms with E-state index in [1.807, 2.05) is 13.1 Å². The van der Waals surface area contributed by atoms with Crippen LogP contribution in [0.3, 0.4) is 0 Å². The highest BCUT2D eigenvalue weighted by molar-refractivity contribution is 5.44. The summed E-state index contributed by atoms with van der Waals surface area (Å²) in [4.78, 5) is 0. The highest BCUT2D eigenvalue weighted by atomic mass is 19.1. The molecule has 0 aromatic heterocycles. The predicted octanol–water partition coefficient (Wildman–Crippen LogP) is 2.63. The van der Waals surface area contributed by atoms with Crippen molar-refractivity contribution in [3.8, 4) is 0 Å². The monoisotopic (exact) mass is 222 g/mol. The Kier molecular flexibility index (Phi) is 3.78. The molecule has 0 saturated heterocycles. The van der Waals surface area contributed by atoms with Crippen LogP contribution in [-0.4, -0.2) is 19.6 Å². The van der Waals surface area contributed by atoms with Crippen molar-refractivity contribution >= 4 is 5.69 Å². The van der Waals surface area contributed by atoms with Gasteiger partial charge in [-0.25, -0.2) is 4.39 Å². The molecule has 2 N–H and O–H groups in total. The highest BCUT2D eigenvalue weighted by Gasteiger charge is 2.23. The topological polar surface area (TPSA) is 24.1 Å². The predicted molar refractivity (Wildman–Crippen MR) is 65.1 cm³/mol.